The van der Waals surface area contributed by atoms with Gasteiger partial charge in [-0.3, -0.25) is 19.7 Å². The third-order valence-corrected chi connectivity index (χ3v) is 6.74. The first-order valence-corrected chi connectivity index (χ1v) is 12.2. The summed E-state index contributed by atoms with van der Waals surface area (Å²) >= 11 is 0. The molecule has 1 fully saturated rings. The lowest BCUT2D eigenvalue weighted by molar-refractivity contribution is -0.384. The summed E-state index contributed by atoms with van der Waals surface area (Å²) in [4.78, 5) is 37.4. The van der Waals surface area contributed by atoms with Crippen LogP contribution in [0.15, 0.2) is 42.5 Å². The molecule has 1 aliphatic carbocycles. The molecule has 9 nitrogen and oxygen atoms in total. The maximum atomic E-state index is 13.4. The number of carbonyl (C=O) groups is 2. The molecule has 3 rings (SSSR count). The molecule has 0 saturated heterocycles. The maximum Gasteiger partial charge on any atom is 0.269 e. The zero-order valence-corrected chi connectivity index (χ0v) is 21.3. The summed E-state index contributed by atoms with van der Waals surface area (Å²) in [5.41, 5.74) is 0.213. The molecule has 1 saturated carbocycles. The van der Waals surface area contributed by atoms with E-state index in [1.165, 1.54) is 32.8 Å². The van der Waals surface area contributed by atoms with Crippen molar-refractivity contribution in [1.82, 2.24) is 5.32 Å². The van der Waals surface area contributed by atoms with Crippen LogP contribution in [0.3, 0.4) is 0 Å². The van der Waals surface area contributed by atoms with Crippen LogP contribution in [-0.4, -0.2) is 37.0 Å². The van der Waals surface area contributed by atoms with Crippen molar-refractivity contribution in [3.63, 3.8) is 0 Å². The monoisotopic (exact) mass is 497 g/mol. The van der Waals surface area contributed by atoms with Gasteiger partial charge in [0.1, 0.15) is 0 Å². The van der Waals surface area contributed by atoms with Crippen molar-refractivity contribution in [2.75, 3.05) is 19.5 Å². The van der Waals surface area contributed by atoms with Crippen LogP contribution in [0.2, 0.25) is 0 Å². The van der Waals surface area contributed by atoms with Gasteiger partial charge >= 0.3 is 0 Å². The average Bonchev–Trinajstić information content (AvgIpc) is 2.87. The van der Waals surface area contributed by atoms with Gasteiger partial charge in [0, 0.05) is 35.3 Å². The number of rotatable bonds is 10. The summed E-state index contributed by atoms with van der Waals surface area (Å²) in [7, 11) is 3.06. The molecule has 2 N–H and O–H groups in total. The SMILES string of the molecule is COc1ccc(NC(=O)C(C)(C)CC(C(=O)NC2CCCCC2)c2ccc([N+](=O)[O-])cc2)cc1OC. The van der Waals surface area contributed by atoms with E-state index in [0.717, 1.165) is 25.7 Å². The molecule has 2 aromatic carbocycles. The molecule has 9 heteroatoms. The van der Waals surface area contributed by atoms with E-state index < -0.39 is 16.3 Å². The molecule has 1 unspecified atom stereocenters. The summed E-state index contributed by atoms with van der Waals surface area (Å²) in [5.74, 6) is -0.0233. The van der Waals surface area contributed by atoms with E-state index in [4.69, 9.17) is 9.47 Å². The Morgan fingerprint density at radius 1 is 1.03 bits per heavy atom. The molecule has 0 heterocycles. The summed E-state index contributed by atoms with van der Waals surface area (Å²) in [6, 6.07) is 11.2. The molecular formula is C27H35N3O6. The largest absolute Gasteiger partial charge is 0.493 e. The molecular weight excluding hydrogens is 462 g/mol. The van der Waals surface area contributed by atoms with Gasteiger partial charge in [-0.1, -0.05) is 45.2 Å². The Labute approximate surface area is 211 Å². The lowest BCUT2D eigenvalue weighted by atomic mass is 9.78. The summed E-state index contributed by atoms with van der Waals surface area (Å²) in [6.45, 7) is 3.57. The number of hydrogen-bond acceptors (Lipinski definition) is 6. The van der Waals surface area contributed by atoms with Gasteiger partial charge in [-0.05, 0) is 37.0 Å². The van der Waals surface area contributed by atoms with Gasteiger partial charge in [-0.2, -0.15) is 0 Å². The molecule has 1 atom stereocenters. The first-order chi connectivity index (χ1) is 17.1. The second kappa shape index (κ2) is 11.9. The molecule has 1 aliphatic rings. The van der Waals surface area contributed by atoms with Crippen molar-refractivity contribution in [1.29, 1.82) is 0 Å². The first kappa shape index (κ1) is 27.0. The zero-order valence-electron chi connectivity index (χ0n) is 21.3. The van der Waals surface area contributed by atoms with Crippen LogP contribution < -0.4 is 20.1 Å². The minimum absolute atomic E-state index is 0.0457. The predicted molar refractivity (Wildman–Crippen MR) is 137 cm³/mol. The number of ether oxygens (including phenoxy) is 2. The van der Waals surface area contributed by atoms with E-state index in [2.05, 4.69) is 10.6 Å². The maximum absolute atomic E-state index is 13.4. The van der Waals surface area contributed by atoms with Crippen molar-refractivity contribution < 1.29 is 24.0 Å². The molecule has 36 heavy (non-hydrogen) atoms. The second-order valence-electron chi connectivity index (χ2n) is 9.86. The molecule has 2 amide bonds. The van der Waals surface area contributed by atoms with E-state index >= 15 is 0 Å². The normalized spacial score (nSPS) is 15.0. The number of carbonyl (C=O) groups excluding carboxylic acids is 2. The van der Waals surface area contributed by atoms with Gasteiger partial charge in [0.15, 0.2) is 11.5 Å². The van der Waals surface area contributed by atoms with Gasteiger partial charge in [0.25, 0.3) is 5.69 Å². The number of benzene rings is 2. The second-order valence-corrected chi connectivity index (χ2v) is 9.86. The van der Waals surface area contributed by atoms with Crippen LogP contribution >= 0.6 is 0 Å². The third-order valence-electron chi connectivity index (χ3n) is 6.74. The van der Waals surface area contributed by atoms with Crippen LogP contribution in [0.1, 0.15) is 63.9 Å². The smallest absolute Gasteiger partial charge is 0.269 e. The number of nitro benzene ring substituents is 1. The van der Waals surface area contributed by atoms with Crippen molar-refractivity contribution >= 4 is 23.2 Å². The molecule has 0 radical (unpaired) electrons. The Morgan fingerprint density at radius 3 is 2.25 bits per heavy atom. The van der Waals surface area contributed by atoms with Crippen molar-refractivity contribution in [2.45, 2.75) is 64.3 Å². The Morgan fingerprint density at radius 2 is 1.67 bits per heavy atom. The number of methoxy groups -OCH3 is 2. The van der Waals surface area contributed by atoms with E-state index in [0.29, 0.717) is 22.7 Å². The van der Waals surface area contributed by atoms with Crippen molar-refractivity contribution in [3.8, 4) is 11.5 Å². The third kappa shape index (κ3) is 6.74. The quantitative estimate of drug-likeness (QED) is 0.344. The predicted octanol–water partition coefficient (Wildman–Crippen LogP) is 5.20. The number of hydrogen-bond donors (Lipinski definition) is 2. The summed E-state index contributed by atoms with van der Waals surface area (Å²) in [5, 5.41) is 17.2. The van der Waals surface area contributed by atoms with Crippen LogP contribution in [-0.2, 0) is 9.59 Å². The lowest BCUT2D eigenvalue weighted by Gasteiger charge is -2.30. The number of non-ortho nitro benzene ring substituents is 1. The van der Waals surface area contributed by atoms with Gasteiger partial charge in [-0.15, -0.1) is 0 Å². The van der Waals surface area contributed by atoms with Crippen molar-refractivity contribution in [3.05, 3.63) is 58.1 Å². The molecule has 0 spiro atoms. The molecule has 0 aromatic heterocycles. The number of amides is 2. The Hall–Kier alpha value is -3.62. The van der Waals surface area contributed by atoms with Crippen LogP contribution in [0, 0.1) is 15.5 Å². The number of nitrogens with zero attached hydrogens (tertiary/aromatic N) is 1. The van der Waals surface area contributed by atoms with Crippen LogP contribution in [0.4, 0.5) is 11.4 Å². The highest BCUT2D eigenvalue weighted by Gasteiger charge is 2.36. The van der Waals surface area contributed by atoms with E-state index in [1.54, 1.807) is 44.2 Å². The standard InChI is InChI=1S/C27H35N3O6/c1-27(2,26(32)29-20-12-15-23(35-3)24(16-20)36-4)17-22(18-10-13-21(14-11-18)30(33)34)25(31)28-19-8-6-5-7-9-19/h10-16,19,22H,5-9,17H2,1-4H3,(H,28,31)(H,29,32). The number of nitrogens with one attached hydrogen (secondary N) is 2. The Kier molecular flexibility index (Phi) is 8.90. The molecule has 0 aliphatic heterocycles. The molecule has 0 bridgehead atoms. The number of anilines is 1. The first-order valence-electron chi connectivity index (χ1n) is 12.2. The van der Waals surface area contributed by atoms with Gasteiger partial charge in [0.05, 0.1) is 25.1 Å². The summed E-state index contributed by atoms with van der Waals surface area (Å²) < 4.78 is 10.6. The average molecular weight is 498 g/mol. The van der Waals surface area contributed by atoms with Crippen LogP contribution in [0.5, 0.6) is 11.5 Å². The fraction of sp³-hybridized carbons (Fsp3) is 0.481. The minimum Gasteiger partial charge on any atom is -0.493 e. The summed E-state index contributed by atoms with van der Waals surface area (Å²) in [6.07, 6.45) is 5.41. The Balaban J connectivity index is 1.81. The fourth-order valence-corrected chi connectivity index (χ4v) is 4.56. The van der Waals surface area contributed by atoms with Crippen molar-refractivity contribution in [2.24, 2.45) is 5.41 Å². The Bertz CT molecular complexity index is 1080. The van der Waals surface area contributed by atoms with Gasteiger partial charge in [0.2, 0.25) is 11.8 Å². The fourth-order valence-electron chi connectivity index (χ4n) is 4.56. The van der Waals surface area contributed by atoms with Gasteiger partial charge in [-0.25, -0.2) is 0 Å². The molecule has 2 aromatic rings. The molecule has 194 valence electrons. The number of nitro groups is 1. The highest BCUT2D eigenvalue weighted by molar-refractivity contribution is 5.96. The van der Waals surface area contributed by atoms with E-state index in [1.807, 2.05) is 0 Å². The topological polar surface area (TPSA) is 120 Å². The van der Waals surface area contributed by atoms with E-state index in [-0.39, 0.29) is 30.0 Å². The highest BCUT2D eigenvalue weighted by atomic mass is 16.6. The highest BCUT2D eigenvalue weighted by Crippen LogP contribution is 2.36. The minimum atomic E-state index is -0.927. The zero-order chi connectivity index (χ0) is 26.3. The van der Waals surface area contributed by atoms with Crippen LogP contribution in [0.25, 0.3) is 0 Å². The van der Waals surface area contributed by atoms with Gasteiger partial charge < -0.3 is 20.1 Å². The van der Waals surface area contributed by atoms with E-state index in [9.17, 15) is 19.7 Å². The lowest BCUT2D eigenvalue weighted by Crippen LogP contribution is -2.41.